The maximum absolute atomic E-state index is 4.25. The Morgan fingerprint density at radius 1 is 1.32 bits per heavy atom. The molecule has 2 unspecified atom stereocenters. The summed E-state index contributed by atoms with van der Waals surface area (Å²) in [6, 6.07) is 9.33. The smallest absolute Gasteiger partial charge is 0.0933 e. The first-order chi connectivity index (χ1) is 9.29. The average Bonchev–Trinajstić information content (AvgIpc) is 2.66. The molecule has 0 spiro atoms. The van der Waals surface area contributed by atoms with E-state index >= 15 is 0 Å². The van der Waals surface area contributed by atoms with E-state index in [0.29, 0.717) is 6.04 Å². The lowest BCUT2D eigenvalue weighted by Gasteiger charge is -2.39. The molecule has 2 aliphatic rings. The Morgan fingerprint density at radius 3 is 3.21 bits per heavy atom. The molecule has 0 N–H and O–H groups in total. The van der Waals surface area contributed by atoms with Crippen molar-refractivity contribution in [3.05, 3.63) is 48.2 Å². The van der Waals surface area contributed by atoms with Gasteiger partial charge in [-0.3, -0.25) is 4.90 Å². The van der Waals surface area contributed by atoms with Crippen LogP contribution in [-0.2, 0) is 5.54 Å². The standard InChI is InChI=1S/C16H17N3/c1-19-14-3-2-8-16(19,9-6-14)13-5-4-12-7-10-17-18-15(12)11-13/h2,4-5,7-8,10-11,14H,3,6,9H2,1H3. The SMILES string of the molecule is CN1C2CC=CC1(c1ccc3ccnnc3c1)CC2. The van der Waals surface area contributed by atoms with Crippen molar-refractivity contribution >= 4 is 10.9 Å². The van der Waals surface area contributed by atoms with Crippen LogP contribution in [0.3, 0.4) is 0 Å². The fourth-order valence-electron chi connectivity index (χ4n) is 3.67. The lowest BCUT2D eigenvalue weighted by molar-refractivity contribution is 0.168. The van der Waals surface area contributed by atoms with E-state index in [0.717, 1.165) is 10.9 Å². The Balaban J connectivity index is 1.90. The molecule has 2 atom stereocenters. The molecular formula is C16H17N3. The number of fused-ring (bicyclic) bond motifs is 3. The molecule has 4 rings (SSSR count). The zero-order chi connectivity index (χ0) is 12.9. The van der Waals surface area contributed by atoms with E-state index in [1.807, 2.05) is 6.07 Å². The normalized spacial score (nSPS) is 30.1. The van der Waals surface area contributed by atoms with Crippen molar-refractivity contribution in [2.75, 3.05) is 7.05 Å². The molecule has 3 heterocycles. The van der Waals surface area contributed by atoms with Crippen LogP contribution in [0.1, 0.15) is 24.8 Å². The van der Waals surface area contributed by atoms with Crippen molar-refractivity contribution in [2.45, 2.75) is 30.8 Å². The molecule has 2 bridgehead atoms. The Morgan fingerprint density at radius 2 is 2.26 bits per heavy atom. The summed E-state index contributed by atoms with van der Waals surface area (Å²) in [6.45, 7) is 0. The van der Waals surface area contributed by atoms with Crippen molar-refractivity contribution in [2.24, 2.45) is 0 Å². The highest BCUT2D eigenvalue weighted by atomic mass is 15.2. The van der Waals surface area contributed by atoms with E-state index in [1.165, 1.54) is 24.8 Å². The zero-order valence-electron chi connectivity index (χ0n) is 11.1. The van der Waals surface area contributed by atoms with E-state index in [1.54, 1.807) is 6.20 Å². The number of aromatic nitrogens is 2. The molecule has 19 heavy (non-hydrogen) atoms. The van der Waals surface area contributed by atoms with Crippen LogP contribution in [0, 0.1) is 0 Å². The van der Waals surface area contributed by atoms with Crippen LogP contribution in [0.2, 0.25) is 0 Å². The van der Waals surface area contributed by atoms with Gasteiger partial charge in [-0.2, -0.15) is 10.2 Å². The molecule has 0 radical (unpaired) electrons. The van der Waals surface area contributed by atoms with Gasteiger partial charge in [-0.25, -0.2) is 0 Å². The van der Waals surface area contributed by atoms with Crippen LogP contribution < -0.4 is 0 Å². The molecular weight excluding hydrogens is 234 g/mol. The number of nitrogens with zero attached hydrogens (tertiary/aromatic N) is 3. The summed E-state index contributed by atoms with van der Waals surface area (Å²) in [4.78, 5) is 2.53. The fourth-order valence-corrected chi connectivity index (χ4v) is 3.67. The van der Waals surface area contributed by atoms with E-state index in [4.69, 9.17) is 0 Å². The van der Waals surface area contributed by atoms with Crippen LogP contribution in [0.5, 0.6) is 0 Å². The van der Waals surface area contributed by atoms with Gasteiger partial charge in [-0.1, -0.05) is 24.3 Å². The maximum atomic E-state index is 4.25. The van der Waals surface area contributed by atoms with Gasteiger partial charge in [0.2, 0.25) is 0 Å². The summed E-state index contributed by atoms with van der Waals surface area (Å²) in [5.74, 6) is 0. The van der Waals surface area contributed by atoms with E-state index in [-0.39, 0.29) is 5.54 Å². The van der Waals surface area contributed by atoms with Crippen molar-refractivity contribution in [1.29, 1.82) is 0 Å². The molecule has 1 aromatic heterocycles. The summed E-state index contributed by atoms with van der Waals surface area (Å²) >= 11 is 0. The Kier molecular flexibility index (Phi) is 2.27. The second-order valence-corrected chi connectivity index (χ2v) is 5.67. The van der Waals surface area contributed by atoms with Crippen molar-refractivity contribution < 1.29 is 0 Å². The lowest BCUT2D eigenvalue weighted by atomic mass is 9.86. The van der Waals surface area contributed by atoms with Gasteiger partial charge in [0.15, 0.2) is 0 Å². The monoisotopic (exact) mass is 251 g/mol. The van der Waals surface area contributed by atoms with Gasteiger partial charge in [0.05, 0.1) is 17.3 Å². The molecule has 0 amide bonds. The second-order valence-electron chi connectivity index (χ2n) is 5.67. The van der Waals surface area contributed by atoms with Crippen LogP contribution in [-0.4, -0.2) is 28.2 Å². The maximum Gasteiger partial charge on any atom is 0.0933 e. The third kappa shape index (κ3) is 1.48. The van der Waals surface area contributed by atoms with Gasteiger partial charge in [-0.15, -0.1) is 0 Å². The summed E-state index contributed by atoms with van der Waals surface area (Å²) in [5, 5.41) is 9.40. The summed E-state index contributed by atoms with van der Waals surface area (Å²) in [7, 11) is 2.25. The summed E-state index contributed by atoms with van der Waals surface area (Å²) in [6.07, 6.45) is 10.1. The van der Waals surface area contributed by atoms with Crippen LogP contribution in [0.15, 0.2) is 42.6 Å². The third-order valence-electron chi connectivity index (χ3n) is 4.85. The van der Waals surface area contributed by atoms with Crippen molar-refractivity contribution in [3.8, 4) is 0 Å². The quantitative estimate of drug-likeness (QED) is 0.730. The number of benzene rings is 1. The number of hydrogen-bond donors (Lipinski definition) is 0. The van der Waals surface area contributed by atoms with Crippen LogP contribution >= 0.6 is 0 Å². The highest BCUT2D eigenvalue weighted by molar-refractivity contribution is 5.78. The van der Waals surface area contributed by atoms with Gasteiger partial charge < -0.3 is 0 Å². The minimum absolute atomic E-state index is 0.0780. The number of likely N-dealkylation sites (N-methyl/N-ethyl adjacent to an activating group) is 1. The Labute approximate surface area is 112 Å². The molecule has 1 fully saturated rings. The highest BCUT2D eigenvalue weighted by Gasteiger charge is 2.45. The number of hydrogen-bond acceptors (Lipinski definition) is 3. The van der Waals surface area contributed by atoms with E-state index < -0.39 is 0 Å². The van der Waals surface area contributed by atoms with E-state index in [2.05, 4.69) is 52.5 Å². The molecule has 1 aromatic carbocycles. The largest absolute Gasteiger partial charge is 0.290 e. The first-order valence-electron chi connectivity index (χ1n) is 6.92. The minimum atomic E-state index is 0.0780. The van der Waals surface area contributed by atoms with E-state index in [9.17, 15) is 0 Å². The van der Waals surface area contributed by atoms with Gasteiger partial charge in [-0.05, 0) is 44.0 Å². The zero-order valence-corrected chi connectivity index (χ0v) is 11.1. The molecule has 0 saturated carbocycles. The van der Waals surface area contributed by atoms with Crippen molar-refractivity contribution in [1.82, 2.24) is 15.1 Å². The molecule has 96 valence electrons. The third-order valence-corrected chi connectivity index (χ3v) is 4.85. The van der Waals surface area contributed by atoms with Crippen LogP contribution in [0.25, 0.3) is 10.9 Å². The predicted octanol–water partition coefficient (Wildman–Crippen LogP) is 2.88. The summed E-state index contributed by atoms with van der Waals surface area (Å²) < 4.78 is 0. The fraction of sp³-hybridized carbons (Fsp3) is 0.375. The Bertz CT molecular complexity index is 664. The minimum Gasteiger partial charge on any atom is -0.290 e. The van der Waals surface area contributed by atoms with Gasteiger partial charge in [0.25, 0.3) is 0 Å². The molecule has 3 heteroatoms. The topological polar surface area (TPSA) is 29.0 Å². The first-order valence-corrected chi connectivity index (χ1v) is 6.92. The molecule has 2 aliphatic heterocycles. The molecule has 1 saturated heterocycles. The lowest BCUT2D eigenvalue weighted by Crippen LogP contribution is -2.42. The first kappa shape index (κ1) is 11.1. The molecule has 3 nitrogen and oxygen atoms in total. The summed E-state index contributed by atoms with van der Waals surface area (Å²) in [5.41, 5.74) is 2.42. The molecule has 2 aromatic rings. The van der Waals surface area contributed by atoms with Gasteiger partial charge in [0, 0.05) is 11.4 Å². The Hall–Kier alpha value is -1.74. The van der Waals surface area contributed by atoms with Crippen LogP contribution in [0.4, 0.5) is 0 Å². The van der Waals surface area contributed by atoms with Crippen molar-refractivity contribution in [3.63, 3.8) is 0 Å². The van der Waals surface area contributed by atoms with Gasteiger partial charge >= 0.3 is 0 Å². The highest BCUT2D eigenvalue weighted by Crippen LogP contribution is 2.46. The number of rotatable bonds is 1. The average molecular weight is 251 g/mol. The second kappa shape index (κ2) is 3.87. The molecule has 0 aliphatic carbocycles. The van der Waals surface area contributed by atoms with Gasteiger partial charge in [0.1, 0.15) is 0 Å². The predicted molar refractivity (Wildman–Crippen MR) is 75.8 cm³/mol.